The monoisotopic (exact) mass is 343 g/mol. The lowest BCUT2D eigenvalue weighted by Gasteiger charge is -2.08. The Hall–Kier alpha value is -2.60. The van der Waals surface area contributed by atoms with Crippen molar-refractivity contribution in [3.63, 3.8) is 0 Å². The highest BCUT2D eigenvalue weighted by molar-refractivity contribution is 6.30. The van der Waals surface area contributed by atoms with Crippen molar-refractivity contribution in [1.29, 1.82) is 0 Å². The first-order valence-corrected chi connectivity index (χ1v) is 8.00. The Bertz CT molecular complexity index is 833. The molecule has 2 N–H and O–H groups in total. The molecule has 24 heavy (non-hydrogen) atoms. The van der Waals surface area contributed by atoms with Crippen LogP contribution >= 0.6 is 11.6 Å². The zero-order valence-corrected chi connectivity index (χ0v) is 14.3. The number of anilines is 3. The van der Waals surface area contributed by atoms with Crippen molar-refractivity contribution in [3.8, 4) is 0 Å². The van der Waals surface area contributed by atoms with E-state index in [4.69, 9.17) is 16.1 Å². The topological polar surface area (TPSA) is 75.9 Å². The second kappa shape index (κ2) is 7.31. The number of nitrogens with one attached hydrogen (secondary N) is 2. The number of hydrogen-bond acceptors (Lipinski definition) is 6. The Labute approximate surface area is 145 Å². The van der Waals surface area contributed by atoms with E-state index < -0.39 is 0 Å². The Morgan fingerprint density at radius 1 is 1.08 bits per heavy atom. The van der Waals surface area contributed by atoms with Gasteiger partial charge >= 0.3 is 0 Å². The largest absolute Gasteiger partial charge is 0.360 e. The van der Waals surface area contributed by atoms with Gasteiger partial charge in [0.2, 0.25) is 5.95 Å². The summed E-state index contributed by atoms with van der Waals surface area (Å²) in [6.07, 6.45) is 0.836. The molecule has 0 bridgehead atoms. The molecule has 0 spiro atoms. The molecule has 0 aliphatic heterocycles. The maximum Gasteiger partial charge on any atom is 0.224 e. The number of rotatable bonds is 6. The molecular formula is C17H18ClN5O. The number of halogens is 1. The van der Waals surface area contributed by atoms with Gasteiger partial charge in [-0.15, -0.1) is 0 Å². The lowest BCUT2D eigenvalue weighted by molar-refractivity contribution is 0.400. The first kappa shape index (κ1) is 16.3. The number of nitrogens with zero attached hydrogens (tertiary/aromatic N) is 3. The fourth-order valence-electron chi connectivity index (χ4n) is 2.28. The van der Waals surface area contributed by atoms with Gasteiger partial charge in [0.05, 0.1) is 0 Å². The van der Waals surface area contributed by atoms with Gasteiger partial charge < -0.3 is 15.2 Å². The second-order valence-electron chi connectivity index (χ2n) is 5.47. The van der Waals surface area contributed by atoms with Crippen LogP contribution < -0.4 is 10.6 Å². The third kappa shape index (κ3) is 4.45. The Morgan fingerprint density at radius 2 is 1.96 bits per heavy atom. The first-order valence-electron chi connectivity index (χ1n) is 7.63. The molecule has 0 saturated carbocycles. The van der Waals surface area contributed by atoms with Crippen LogP contribution in [0.2, 0.25) is 5.02 Å². The number of hydrogen-bond donors (Lipinski definition) is 2. The standard InChI is InChI=1S/C17H18ClN5O/c1-11-8-15(21-16-9-12(2)24-23-16)22-17(20-11)19-7-6-13-4-3-5-14(18)10-13/h3-5,8-10H,6-7H2,1-2H3,(H2,19,20,21,22,23). The van der Waals surface area contributed by atoms with Crippen LogP contribution in [0.1, 0.15) is 17.0 Å². The zero-order valence-electron chi connectivity index (χ0n) is 13.5. The van der Waals surface area contributed by atoms with Crippen LogP contribution in [-0.4, -0.2) is 21.7 Å². The summed E-state index contributed by atoms with van der Waals surface area (Å²) in [6, 6.07) is 11.5. The van der Waals surface area contributed by atoms with Gasteiger partial charge in [-0.3, -0.25) is 0 Å². The normalized spacial score (nSPS) is 10.6. The predicted octanol–water partition coefficient (Wildman–Crippen LogP) is 4.13. The molecule has 2 heterocycles. The van der Waals surface area contributed by atoms with Crippen LogP contribution in [0.5, 0.6) is 0 Å². The molecule has 1 aromatic carbocycles. The lowest BCUT2D eigenvalue weighted by Crippen LogP contribution is -2.09. The average Bonchev–Trinajstić information content (AvgIpc) is 2.92. The summed E-state index contributed by atoms with van der Waals surface area (Å²) in [5.74, 6) is 2.60. The molecule has 0 saturated heterocycles. The van der Waals surface area contributed by atoms with Gasteiger partial charge in [-0.25, -0.2) is 4.98 Å². The number of aryl methyl sites for hydroxylation is 2. The highest BCUT2D eigenvalue weighted by Gasteiger charge is 2.05. The van der Waals surface area contributed by atoms with E-state index in [9.17, 15) is 0 Å². The summed E-state index contributed by atoms with van der Waals surface area (Å²) < 4.78 is 5.04. The molecule has 3 rings (SSSR count). The second-order valence-corrected chi connectivity index (χ2v) is 5.91. The van der Waals surface area contributed by atoms with E-state index in [1.54, 1.807) is 0 Å². The third-order valence-electron chi connectivity index (χ3n) is 3.32. The maximum absolute atomic E-state index is 5.99. The van der Waals surface area contributed by atoms with Gasteiger partial charge in [-0.2, -0.15) is 4.98 Å². The van der Waals surface area contributed by atoms with Gasteiger partial charge in [-0.1, -0.05) is 28.9 Å². The highest BCUT2D eigenvalue weighted by atomic mass is 35.5. The molecule has 0 radical (unpaired) electrons. The minimum absolute atomic E-state index is 0.569. The molecule has 3 aromatic rings. The quantitative estimate of drug-likeness (QED) is 0.700. The van der Waals surface area contributed by atoms with E-state index in [2.05, 4.69) is 25.8 Å². The Balaban J connectivity index is 1.63. The van der Waals surface area contributed by atoms with Crippen molar-refractivity contribution in [2.75, 3.05) is 17.2 Å². The van der Waals surface area contributed by atoms with Crippen LogP contribution in [0, 0.1) is 13.8 Å². The highest BCUT2D eigenvalue weighted by Crippen LogP contribution is 2.17. The molecule has 6 nitrogen and oxygen atoms in total. The van der Waals surface area contributed by atoms with E-state index >= 15 is 0 Å². The minimum Gasteiger partial charge on any atom is -0.360 e. The summed E-state index contributed by atoms with van der Waals surface area (Å²) in [4.78, 5) is 8.84. The lowest BCUT2D eigenvalue weighted by atomic mass is 10.1. The van der Waals surface area contributed by atoms with Crippen LogP contribution in [-0.2, 0) is 6.42 Å². The van der Waals surface area contributed by atoms with Gasteiger partial charge in [-0.05, 0) is 38.0 Å². The molecule has 2 aromatic heterocycles. The minimum atomic E-state index is 0.569. The molecule has 124 valence electrons. The summed E-state index contributed by atoms with van der Waals surface area (Å²) >= 11 is 5.99. The van der Waals surface area contributed by atoms with Crippen molar-refractivity contribution in [2.45, 2.75) is 20.3 Å². The fourth-order valence-corrected chi connectivity index (χ4v) is 2.49. The van der Waals surface area contributed by atoms with Crippen molar-refractivity contribution in [1.82, 2.24) is 15.1 Å². The molecule has 0 fully saturated rings. The van der Waals surface area contributed by atoms with E-state index in [1.165, 1.54) is 5.56 Å². The Morgan fingerprint density at radius 3 is 2.71 bits per heavy atom. The predicted molar refractivity (Wildman–Crippen MR) is 94.9 cm³/mol. The van der Waals surface area contributed by atoms with E-state index in [-0.39, 0.29) is 0 Å². The number of aromatic nitrogens is 3. The van der Waals surface area contributed by atoms with Gasteiger partial charge in [0.1, 0.15) is 11.6 Å². The fraction of sp³-hybridized carbons (Fsp3) is 0.235. The Kier molecular flexibility index (Phi) is 4.96. The van der Waals surface area contributed by atoms with Crippen LogP contribution in [0.3, 0.4) is 0 Å². The molecule has 0 amide bonds. The van der Waals surface area contributed by atoms with Crippen molar-refractivity contribution < 1.29 is 4.52 Å². The molecule has 0 atom stereocenters. The summed E-state index contributed by atoms with van der Waals surface area (Å²) in [5.41, 5.74) is 2.03. The molecule has 0 aliphatic rings. The van der Waals surface area contributed by atoms with Crippen LogP contribution in [0.15, 0.2) is 40.9 Å². The third-order valence-corrected chi connectivity index (χ3v) is 3.56. The SMILES string of the molecule is Cc1cc(Nc2cc(C)on2)nc(NCCc2cccc(Cl)c2)n1. The smallest absolute Gasteiger partial charge is 0.224 e. The van der Waals surface area contributed by atoms with Crippen LogP contribution in [0.25, 0.3) is 0 Å². The molecule has 7 heteroatoms. The zero-order chi connectivity index (χ0) is 16.9. The van der Waals surface area contributed by atoms with Gasteiger partial charge in [0.25, 0.3) is 0 Å². The van der Waals surface area contributed by atoms with Gasteiger partial charge in [0, 0.05) is 29.4 Å². The summed E-state index contributed by atoms with van der Waals surface area (Å²) in [7, 11) is 0. The van der Waals surface area contributed by atoms with Crippen molar-refractivity contribution >= 4 is 29.2 Å². The van der Waals surface area contributed by atoms with E-state index in [0.29, 0.717) is 24.1 Å². The summed E-state index contributed by atoms with van der Waals surface area (Å²) in [5, 5.41) is 11.0. The van der Waals surface area contributed by atoms with Crippen LogP contribution in [0.4, 0.5) is 17.6 Å². The number of benzene rings is 1. The van der Waals surface area contributed by atoms with E-state index in [1.807, 2.05) is 50.2 Å². The molecule has 0 aliphatic carbocycles. The summed E-state index contributed by atoms with van der Waals surface area (Å²) in [6.45, 7) is 4.47. The first-order chi connectivity index (χ1) is 11.6. The van der Waals surface area contributed by atoms with Gasteiger partial charge in [0.15, 0.2) is 5.82 Å². The average molecular weight is 344 g/mol. The maximum atomic E-state index is 5.99. The molecular weight excluding hydrogens is 326 g/mol. The van der Waals surface area contributed by atoms with Crippen molar-refractivity contribution in [3.05, 3.63) is 58.4 Å². The molecule has 0 unspecified atom stereocenters. The van der Waals surface area contributed by atoms with Crippen molar-refractivity contribution in [2.24, 2.45) is 0 Å². The van der Waals surface area contributed by atoms with E-state index in [0.717, 1.165) is 22.9 Å².